The minimum atomic E-state index is -0.0934. The number of carbonyl (C=O) groups is 1. The Kier molecular flexibility index (Phi) is 3.60. The fourth-order valence-electron chi connectivity index (χ4n) is 4.36. The second kappa shape index (κ2) is 5.20. The van der Waals surface area contributed by atoms with Gasteiger partial charge in [0.1, 0.15) is 5.71 Å². The summed E-state index contributed by atoms with van der Waals surface area (Å²) in [6.45, 7) is 7.45. The maximum atomic E-state index is 12.1. The van der Waals surface area contributed by atoms with Gasteiger partial charge in [0.2, 0.25) is 0 Å². The summed E-state index contributed by atoms with van der Waals surface area (Å²) in [7, 11) is 0. The molecule has 2 aliphatic rings. The van der Waals surface area contributed by atoms with E-state index in [1.807, 2.05) is 24.3 Å². The molecule has 0 saturated heterocycles. The van der Waals surface area contributed by atoms with Crippen LogP contribution in [0, 0.1) is 10.8 Å². The first-order chi connectivity index (χ1) is 10.3. The fraction of sp³-hybridized carbons (Fsp3) is 0.556. The molecule has 2 unspecified atom stereocenters. The molecule has 0 bridgehead atoms. The Morgan fingerprint density at radius 1 is 1.27 bits per heavy atom. The number of nitrogens with two attached hydrogens (primary N) is 1. The number of carbonyl (C=O) groups excluding carboxylic acids is 1. The van der Waals surface area contributed by atoms with Crippen LogP contribution in [0.1, 0.15) is 45.6 Å². The molecule has 3 rings (SSSR count). The van der Waals surface area contributed by atoms with Crippen molar-refractivity contribution in [3.05, 3.63) is 29.8 Å². The summed E-state index contributed by atoms with van der Waals surface area (Å²) < 4.78 is 0. The van der Waals surface area contributed by atoms with Gasteiger partial charge in [0.05, 0.1) is 5.69 Å². The van der Waals surface area contributed by atoms with Gasteiger partial charge in [0.25, 0.3) is 5.91 Å². The molecular weight excluding hydrogens is 274 g/mol. The van der Waals surface area contributed by atoms with E-state index in [1.54, 1.807) is 0 Å². The first-order valence-corrected chi connectivity index (χ1v) is 7.99. The van der Waals surface area contributed by atoms with Crippen LogP contribution in [0.3, 0.4) is 0 Å². The molecule has 1 fully saturated rings. The lowest BCUT2D eigenvalue weighted by atomic mass is 9.63. The number of nitrogens with one attached hydrogen (secondary N) is 1. The smallest absolute Gasteiger partial charge is 0.274 e. The Hall–Kier alpha value is -1.68. The predicted octanol–water partition coefficient (Wildman–Crippen LogP) is 2.97. The minimum absolute atomic E-state index is 0.0615. The zero-order valence-corrected chi connectivity index (χ0v) is 13.6. The zero-order valence-electron chi connectivity index (χ0n) is 13.6. The summed E-state index contributed by atoms with van der Waals surface area (Å²) in [5.41, 5.74) is 8.88. The molecule has 118 valence electrons. The van der Waals surface area contributed by atoms with Gasteiger partial charge in [-0.05, 0) is 36.2 Å². The molecule has 4 heteroatoms. The molecule has 1 aromatic rings. The number of hydrogen-bond donors (Lipinski definition) is 2. The van der Waals surface area contributed by atoms with Gasteiger partial charge in [-0.2, -0.15) is 0 Å². The van der Waals surface area contributed by atoms with Crippen LogP contribution in [0.15, 0.2) is 29.3 Å². The fourth-order valence-corrected chi connectivity index (χ4v) is 4.36. The zero-order chi connectivity index (χ0) is 16.0. The molecule has 22 heavy (non-hydrogen) atoms. The van der Waals surface area contributed by atoms with E-state index in [9.17, 15) is 4.79 Å². The third-order valence-corrected chi connectivity index (χ3v) is 4.74. The lowest BCUT2D eigenvalue weighted by Crippen LogP contribution is -2.43. The van der Waals surface area contributed by atoms with Crippen molar-refractivity contribution in [2.24, 2.45) is 21.6 Å². The topological polar surface area (TPSA) is 67.5 Å². The number of amides is 1. The van der Waals surface area contributed by atoms with Crippen molar-refractivity contribution in [2.75, 3.05) is 11.9 Å². The van der Waals surface area contributed by atoms with Gasteiger partial charge >= 0.3 is 0 Å². The van der Waals surface area contributed by atoms with E-state index in [0.29, 0.717) is 12.3 Å². The van der Waals surface area contributed by atoms with Crippen molar-refractivity contribution in [3.8, 4) is 0 Å². The monoisotopic (exact) mass is 299 g/mol. The average Bonchev–Trinajstić information content (AvgIpc) is 2.69. The molecule has 1 aromatic carbocycles. The van der Waals surface area contributed by atoms with Crippen LogP contribution in [-0.4, -0.2) is 24.2 Å². The van der Waals surface area contributed by atoms with E-state index < -0.39 is 0 Å². The molecule has 0 radical (unpaired) electrons. The summed E-state index contributed by atoms with van der Waals surface area (Å²) in [5, 5.41) is 2.88. The molecule has 1 aliphatic heterocycles. The van der Waals surface area contributed by atoms with Crippen LogP contribution < -0.4 is 11.1 Å². The molecule has 0 spiro atoms. The Morgan fingerprint density at radius 2 is 2.00 bits per heavy atom. The van der Waals surface area contributed by atoms with Gasteiger partial charge in [-0.25, -0.2) is 0 Å². The van der Waals surface area contributed by atoms with Crippen LogP contribution >= 0.6 is 0 Å². The highest BCUT2D eigenvalue weighted by Crippen LogP contribution is 2.45. The summed E-state index contributed by atoms with van der Waals surface area (Å²) in [4.78, 5) is 16.8. The van der Waals surface area contributed by atoms with Gasteiger partial charge in [-0.1, -0.05) is 39.0 Å². The van der Waals surface area contributed by atoms with Gasteiger partial charge in [-0.15, -0.1) is 0 Å². The summed E-state index contributed by atoms with van der Waals surface area (Å²) in [6.07, 6.45) is 3.12. The van der Waals surface area contributed by atoms with Crippen molar-refractivity contribution in [2.45, 2.75) is 46.1 Å². The maximum Gasteiger partial charge on any atom is 0.274 e. The normalized spacial score (nSPS) is 31.9. The molecule has 1 saturated carbocycles. The molecule has 1 amide bonds. The first kappa shape index (κ1) is 15.2. The van der Waals surface area contributed by atoms with Crippen LogP contribution in [0.4, 0.5) is 5.69 Å². The second-order valence-electron chi connectivity index (χ2n) is 7.98. The van der Waals surface area contributed by atoms with Crippen LogP contribution in [0.2, 0.25) is 0 Å². The van der Waals surface area contributed by atoms with Gasteiger partial charge in [-0.3, -0.25) is 9.79 Å². The number of benzene rings is 1. The van der Waals surface area contributed by atoms with E-state index in [-0.39, 0.29) is 22.8 Å². The van der Waals surface area contributed by atoms with E-state index in [0.717, 1.165) is 30.5 Å². The second-order valence-corrected chi connectivity index (χ2v) is 7.98. The van der Waals surface area contributed by atoms with Crippen LogP contribution in [-0.2, 0) is 4.79 Å². The Labute approximate surface area is 132 Å². The Bertz CT molecular complexity index is 635. The molecule has 4 nitrogen and oxygen atoms in total. The maximum absolute atomic E-state index is 12.1. The van der Waals surface area contributed by atoms with Crippen molar-refractivity contribution in [1.29, 1.82) is 0 Å². The van der Waals surface area contributed by atoms with E-state index in [1.165, 1.54) is 0 Å². The summed E-state index contributed by atoms with van der Waals surface area (Å²) >= 11 is 0. The first-order valence-electron chi connectivity index (χ1n) is 7.99. The van der Waals surface area contributed by atoms with E-state index in [2.05, 4.69) is 26.1 Å². The average molecular weight is 299 g/mol. The number of fused-ring (bicyclic) bond motifs is 1. The quantitative estimate of drug-likeness (QED) is 0.881. The van der Waals surface area contributed by atoms with E-state index in [4.69, 9.17) is 10.7 Å². The highest BCUT2D eigenvalue weighted by molar-refractivity contribution is 6.53. The van der Waals surface area contributed by atoms with Crippen molar-refractivity contribution >= 4 is 17.3 Å². The number of rotatable bonds is 2. The number of hydrogen-bond acceptors (Lipinski definition) is 3. The highest BCUT2D eigenvalue weighted by Gasteiger charge is 2.40. The number of anilines is 1. The predicted molar refractivity (Wildman–Crippen MR) is 90.2 cm³/mol. The Morgan fingerprint density at radius 3 is 2.73 bits per heavy atom. The standard InChI is InChI=1S/C18H25N3O/c1-17(2)8-12(19)9-18(3,10-17)11-20-15-13-6-4-5-7-14(13)21-16(15)22/h4-7,12H,8-11,19H2,1-3H3,(H,20,21,22). The molecule has 2 atom stereocenters. The minimum Gasteiger partial charge on any atom is -0.328 e. The molecular formula is C18H25N3O. The highest BCUT2D eigenvalue weighted by atomic mass is 16.2. The number of nitrogens with zero attached hydrogens (tertiary/aromatic N) is 1. The van der Waals surface area contributed by atoms with Crippen molar-refractivity contribution in [3.63, 3.8) is 0 Å². The van der Waals surface area contributed by atoms with Crippen LogP contribution in [0.25, 0.3) is 0 Å². The summed E-state index contributed by atoms with van der Waals surface area (Å²) in [5.74, 6) is -0.0934. The summed E-state index contributed by atoms with van der Waals surface area (Å²) in [6, 6.07) is 7.95. The SMILES string of the molecule is CC1(C)CC(N)CC(C)(CN=C2C(=O)Nc3ccccc32)C1. The van der Waals surface area contributed by atoms with Crippen molar-refractivity contribution < 1.29 is 4.79 Å². The van der Waals surface area contributed by atoms with Crippen molar-refractivity contribution in [1.82, 2.24) is 0 Å². The third-order valence-electron chi connectivity index (χ3n) is 4.74. The molecule has 1 aliphatic carbocycles. The van der Waals surface area contributed by atoms with Gasteiger partial charge in [0.15, 0.2) is 0 Å². The number of aliphatic imine (C=N–C) groups is 1. The van der Waals surface area contributed by atoms with E-state index >= 15 is 0 Å². The third kappa shape index (κ3) is 2.93. The number of para-hydroxylation sites is 1. The van der Waals surface area contributed by atoms with Crippen LogP contribution in [0.5, 0.6) is 0 Å². The molecule has 1 heterocycles. The molecule has 0 aromatic heterocycles. The largest absolute Gasteiger partial charge is 0.328 e. The lowest BCUT2D eigenvalue weighted by Gasteiger charge is -2.45. The Balaban J connectivity index is 1.83. The molecule has 3 N–H and O–H groups in total. The van der Waals surface area contributed by atoms with Gasteiger partial charge < -0.3 is 11.1 Å². The van der Waals surface area contributed by atoms with Gasteiger partial charge in [0, 0.05) is 18.2 Å². The lowest BCUT2D eigenvalue weighted by molar-refractivity contribution is -0.110.